The Kier molecular flexibility index (Phi) is 2.06. The van der Waals surface area contributed by atoms with Crippen molar-refractivity contribution in [1.82, 2.24) is 4.98 Å². The van der Waals surface area contributed by atoms with E-state index < -0.39 is 5.82 Å². The largest absolute Gasteiger partial charge is 0.491 e. The third-order valence-corrected chi connectivity index (χ3v) is 1.29. The maximum absolute atomic E-state index is 12.6. The maximum atomic E-state index is 12.6. The fraction of sp³-hybridized carbons (Fsp3) is 0.167. The van der Waals surface area contributed by atoms with E-state index in [9.17, 15) is 4.39 Å². The molecule has 0 saturated heterocycles. The lowest BCUT2D eigenvalue weighted by atomic mass is 10.4. The summed E-state index contributed by atoms with van der Waals surface area (Å²) >= 11 is 5.45. The first kappa shape index (κ1) is 7.28. The summed E-state index contributed by atoms with van der Waals surface area (Å²) in [6, 6.07) is 1.19. The Hall–Kier alpha value is -0.830. The second-order valence-electron chi connectivity index (χ2n) is 1.62. The van der Waals surface area contributed by atoms with Crippen LogP contribution in [-0.4, -0.2) is 12.1 Å². The first-order valence-electron chi connectivity index (χ1n) is 2.59. The molecular weight excluding hydrogens is 157 g/mol. The number of ether oxygens (including phenoxy) is 1. The van der Waals surface area contributed by atoms with E-state index in [1.165, 1.54) is 19.4 Å². The van der Waals surface area contributed by atoms with Crippen molar-refractivity contribution in [2.24, 2.45) is 0 Å². The van der Waals surface area contributed by atoms with Crippen molar-refractivity contribution >= 4 is 11.6 Å². The van der Waals surface area contributed by atoms with Crippen LogP contribution < -0.4 is 4.74 Å². The van der Waals surface area contributed by atoms with Crippen LogP contribution in [0, 0.1) is 5.82 Å². The first-order chi connectivity index (χ1) is 4.75. The van der Waals surface area contributed by atoms with Crippen molar-refractivity contribution < 1.29 is 9.13 Å². The Morgan fingerprint density at radius 2 is 2.40 bits per heavy atom. The summed E-state index contributed by atoms with van der Waals surface area (Å²) in [4.78, 5) is 3.61. The number of methoxy groups -OCH3 is 1. The summed E-state index contributed by atoms with van der Waals surface area (Å²) in [5.74, 6) is -0.508. The lowest BCUT2D eigenvalue weighted by Gasteiger charge is -2.00. The van der Waals surface area contributed by atoms with Crippen LogP contribution in [0.3, 0.4) is 0 Å². The van der Waals surface area contributed by atoms with Crippen LogP contribution in [0.4, 0.5) is 4.39 Å². The molecule has 0 saturated carbocycles. The summed E-state index contributed by atoms with van der Waals surface area (Å²) in [6.45, 7) is 0. The van der Waals surface area contributed by atoms with Crippen LogP contribution in [0.1, 0.15) is 0 Å². The number of rotatable bonds is 1. The minimum absolute atomic E-state index is 0.0100. The molecule has 4 heteroatoms. The zero-order valence-electron chi connectivity index (χ0n) is 5.27. The first-order valence-corrected chi connectivity index (χ1v) is 2.97. The van der Waals surface area contributed by atoms with Crippen LogP contribution in [-0.2, 0) is 0 Å². The standard InChI is InChI=1S/C6H5ClFNO/c1-10-5-4(8)2-3-9-6(5)7/h2-3H,1H3. The Morgan fingerprint density at radius 1 is 1.70 bits per heavy atom. The van der Waals surface area contributed by atoms with E-state index in [2.05, 4.69) is 9.72 Å². The van der Waals surface area contributed by atoms with Crippen molar-refractivity contribution in [3.05, 3.63) is 23.2 Å². The van der Waals surface area contributed by atoms with E-state index in [0.717, 1.165) is 0 Å². The van der Waals surface area contributed by atoms with Gasteiger partial charge in [0.05, 0.1) is 7.11 Å². The van der Waals surface area contributed by atoms with E-state index in [4.69, 9.17) is 11.6 Å². The molecule has 0 spiro atoms. The molecule has 0 aliphatic rings. The molecule has 0 amide bonds. The van der Waals surface area contributed by atoms with E-state index in [-0.39, 0.29) is 10.9 Å². The molecule has 10 heavy (non-hydrogen) atoms. The summed E-state index contributed by atoms with van der Waals surface area (Å²) in [5.41, 5.74) is 0. The highest BCUT2D eigenvalue weighted by Gasteiger charge is 2.05. The van der Waals surface area contributed by atoms with Gasteiger partial charge in [0.2, 0.25) is 0 Å². The Labute approximate surface area is 62.6 Å². The zero-order chi connectivity index (χ0) is 7.56. The van der Waals surface area contributed by atoms with Gasteiger partial charge in [0.25, 0.3) is 0 Å². The lowest BCUT2D eigenvalue weighted by molar-refractivity contribution is 0.384. The molecule has 0 aliphatic heterocycles. The normalized spacial score (nSPS) is 9.50. The third kappa shape index (κ3) is 1.19. The Bertz CT molecular complexity index is 221. The zero-order valence-corrected chi connectivity index (χ0v) is 6.02. The number of nitrogens with zero attached hydrogens (tertiary/aromatic N) is 1. The van der Waals surface area contributed by atoms with Crippen LogP contribution in [0.15, 0.2) is 12.3 Å². The van der Waals surface area contributed by atoms with Crippen molar-refractivity contribution in [3.8, 4) is 5.75 Å². The summed E-state index contributed by atoms with van der Waals surface area (Å²) < 4.78 is 17.2. The molecule has 0 N–H and O–H groups in total. The predicted octanol–water partition coefficient (Wildman–Crippen LogP) is 1.88. The van der Waals surface area contributed by atoms with Crippen molar-refractivity contribution in [2.45, 2.75) is 0 Å². The molecule has 0 bridgehead atoms. The molecule has 0 atom stereocenters. The van der Waals surface area contributed by atoms with Gasteiger partial charge in [0.1, 0.15) is 0 Å². The molecule has 1 heterocycles. The minimum Gasteiger partial charge on any atom is -0.491 e. The van der Waals surface area contributed by atoms with Gasteiger partial charge in [-0.25, -0.2) is 9.37 Å². The molecule has 2 nitrogen and oxygen atoms in total. The van der Waals surface area contributed by atoms with Crippen LogP contribution >= 0.6 is 11.6 Å². The topological polar surface area (TPSA) is 22.1 Å². The molecule has 0 unspecified atom stereocenters. The summed E-state index contributed by atoms with van der Waals surface area (Å²) in [6.07, 6.45) is 1.28. The van der Waals surface area contributed by atoms with Gasteiger partial charge in [-0.1, -0.05) is 11.6 Å². The Balaban J connectivity index is 3.17. The summed E-state index contributed by atoms with van der Waals surface area (Å²) in [5, 5.41) is 0.0440. The fourth-order valence-corrected chi connectivity index (χ4v) is 0.806. The number of hydrogen-bond acceptors (Lipinski definition) is 2. The van der Waals surface area contributed by atoms with Gasteiger partial charge in [-0.05, 0) is 6.07 Å². The van der Waals surface area contributed by atoms with Gasteiger partial charge >= 0.3 is 0 Å². The van der Waals surface area contributed by atoms with Gasteiger partial charge in [0.15, 0.2) is 16.7 Å². The molecular formula is C6H5ClFNO. The van der Waals surface area contributed by atoms with E-state index in [1.54, 1.807) is 0 Å². The van der Waals surface area contributed by atoms with Crippen LogP contribution in [0.2, 0.25) is 5.15 Å². The number of halogens is 2. The fourth-order valence-electron chi connectivity index (χ4n) is 0.583. The van der Waals surface area contributed by atoms with E-state index in [0.29, 0.717) is 0 Å². The van der Waals surface area contributed by atoms with Crippen LogP contribution in [0.25, 0.3) is 0 Å². The van der Waals surface area contributed by atoms with E-state index in [1.807, 2.05) is 0 Å². The smallest absolute Gasteiger partial charge is 0.192 e. The molecule has 0 aromatic carbocycles. The van der Waals surface area contributed by atoms with E-state index >= 15 is 0 Å². The predicted molar refractivity (Wildman–Crippen MR) is 35.8 cm³/mol. The van der Waals surface area contributed by atoms with Gasteiger partial charge in [-0.15, -0.1) is 0 Å². The second-order valence-corrected chi connectivity index (χ2v) is 1.97. The molecule has 1 aromatic rings. The number of hydrogen-bond donors (Lipinski definition) is 0. The highest BCUT2D eigenvalue weighted by atomic mass is 35.5. The molecule has 0 aliphatic carbocycles. The van der Waals surface area contributed by atoms with Crippen molar-refractivity contribution in [2.75, 3.05) is 7.11 Å². The minimum atomic E-state index is -0.498. The number of pyridine rings is 1. The van der Waals surface area contributed by atoms with Crippen LogP contribution in [0.5, 0.6) is 5.75 Å². The quantitative estimate of drug-likeness (QED) is 0.587. The average molecular weight is 162 g/mol. The SMILES string of the molecule is COc1c(F)ccnc1Cl. The highest BCUT2D eigenvalue weighted by Crippen LogP contribution is 2.23. The Morgan fingerprint density at radius 3 is 2.80 bits per heavy atom. The molecule has 54 valence electrons. The monoisotopic (exact) mass is 161 g/mol. The second kappa shape index (κ2) is 2.84. The lowest BCUT2D eigenvalue weighted by Crippen LogP contribution is -1.90. The highest BCUT2D eigenvalue weighted by molar-refractivity contribution is 6.30. The maximum Gasteiger partial charge on any atom is 0.192 e. The molecule has 1 aromatic heterocycles. The van der Waals surface area contributed by atoms with Gasteiger partial charge in [-0.2, -0.15) is 0 Å². The third-order valence-electron chi connectivity index (χ3n) is 1.02. The van der Waals surface area contributed by atoms with Gasteiger partial charge < -0.3 is 4.74 Å². The molecule has 1 rings (SSSR count). The summed E-state index contributed by atoms with van der Waals surface area (Å²) in [7, 11) is 1.34. The van der Waals surface area contributed by atoms with Crippen molar-refractivity contribution in [1.29, 1.82) is 0 Å². The van der Waals surface area contributed by atoms with Gasteiger partial charge in [0, 0.05) is 6.20 Å². The van der Waals surface area contributed by atoms with Crippen molar-refractivity contribution in [3.63, 3.8) is 0 Å². The molecule has 0 fully saturated rings. The molecule has 0 radical (unpaired) electrons. The van der Waals surface area contributed by atoms with Gasteiger partial charge in [-0.3, -0.25) is 0 Å². The average Bonchev–Trinajstić information content (AvgIpc) is 1.88. The number of aromatic nitrogens is 1.